The Morgan fingerprint density at radius 3 is 1.17 bits per heavy atom. The van der Waals surface area contributed by atoms with Crippen LogP contribution in [0, 0.1) is 0 Å². The Morgan fingerprint density at radius 2 is 0.667 bits per heavy atom. The molecule has 0 aliphatic rings. The maximum atomic E-state index is 2.53. The molecule has 0 saturated carbocycles. The zero-order chi connectivity index (χ0) is 41.7. The first-order valence-electron chi connectivity index (χ1n) is 21.8. The number of fused-ring (bicyclic) bond motifs is 6. The fraction of sp³-hybridized carbons (Fsp3) is 0. The monoisotopic (exact) mass is 818 g/mol. The summed E-state index contributed by atoms with van der Waals surface area (Å²) < 4.78 is 4.98. The zero-order valence-electron chi connectivity index (χ0n) is 34.6. The van der Waals surface area contributed by atoms with E-state index in [-0.39, 0.29) is 0 Å². The molecule has 0 amide bonds. The summed E-state index contributed by atoms with van der Waals surface area (Å²) in [6.07, 6.45) is 0. The van der Waals surface area contributed by atoms with E-state index in [0.717, 1.165) is 11.4 Å². The third-order valence-electron chi connectivity index (χ3n) is 13.0. The van der Waals surface area contributed by atoms with Gasteiger partial charge in [-0.1, -0.05) is 200 Å². The number of hydrogen-bond donors (Lipinski definition) is 0. The molecule has 12 aromatic rings. The molecule has 0 unspecified atom stereocenters. The number of hydrogen-bond acceptors (Lipinski definition) is 0. The molecule has 12 rings (SSSR count). The van der Waals surface area contributed by atoms with Gasteiger partial charge in [0.15, 0.2) is 8.07 Å². The van der Waals surface area contributed by atoms with E-state index < -0.39 is 8.07 Å². The molecule has 0 fully saturated rings. The molecule has 0 radical (unpaired) electrons. The Kier molecular flexibility index (Phi) is 8.87. The van der Waals surface area contributed by atoms with Crippen LogP contribution in [0.3, 0.4) is 0 Å². The lowest BCUT2D eigenvalue weighted by molar-refractivity contribution is 1.17. The topological polar surface area (TPSA) is 9.86 Å². The number of benzene rings is 10. The SMILES string of the molecule is c1ccc(-c2cc(-c3ccccc3)cc(-n3c4ccc(-n5c6ccccc6c6ccccc65)cc4c4c([Si](c5ccccc5)(c5ccccc5)c5ccccc5)cccc43)c2)cc1. The van der Waals surface area contributed by atoms with Crippen LogP contribution in [-0.4, -0.2) is 17.2 Å². The van der Waals surface area contributed by atoms with E-state index >= 15 is 0 Å². The first kappa shape index (κ1) is 36.8. The van der Waals surface area contributed by atoms with Gasteiger partial charge in [0.1, 0.15) is 0 Å². The molecule has 2 aromatic heterocycles. The van der Waals surface area contributed by atoms with Crippen molar-refractivity contribution in [1.29, 1.82) is 0 Å². The quantitative estimate of drug-likeness (QED) is 0.107. The van der Waals surface area contributed by atoms with Crippen LogP contribution in [0.1, 0.15) is 0 Å². The summed E-state index contributed by atoms with van der Waals surface area (Å²) in [5.74, 6) is 0. The minimum absolute atomic E-state index is 1.13. The maximum Gasteiger partial charge on any atom is 0.180 e. The molecule has 63 heavy (non-hydrogen) atoms. The van der Waals surface area contributed by atoms with Crippen molar-refractivity contribution in [2.45, 2.75) is 0 Å². The van der Waals surface area contributed by atoms with Crippen LogP contribution in [0.4, 0.5) is 0 Å². The third kappa shape index (κ3) is 5.93. The first-order valence-corrected chi connectivity index (χ1v) is 23.8. The molecular weight excluding hydrogens is 777 g/mol. The number of nitrogens with zero attached hydrogens (tertiary/aromatic N) is 2. The van der Waals surface area contributed by atoms with E-state index in [2.05, 4.69) is 264 Å². The van der Waals surface area contributed by atoms with Crippen molar-refractivity contribution in [3.05, 3.63) is 255 Å². The smallest absolute Gasteiger partial charge is 0.180 e. The summed E-state index contributed by atoms with van der Waals surface area (Å²) in [7, 11) is -2.99. The van der Waals surface area contributed by atoms with E-state index in [1.165, 1.54) is 86.6 Å². The minimum Gasteiger partial charge on any atom is -0.309 e. The van der Waals surface area contributed by atoms with Gasteiger partial charge in [0, 0.05) is 32.9 Å². The summed E-state index contributed by atoms with van der Waals surface area (Å²) in [4.78, 5) is 0. The van der Waals surface area contributed by atoms with Crippen LogP contribution >= 0.6 is 0 Å². The minimum atomic E-state index is -2.99. The van der Waals surface area contributed by atoms with Gasteiger partial charge in [0.05, 0.1) is 22.1 Å². The van der Waals surface area contributed by atoms with Gasteiger partial charge < -0.3 is 9.13 Å². The van der Waals surface area contributed by atoms with Gasteiger partial charge in [-0.05, 0) is 97.6 Å². The summed E-state index contributed by atoms with van der Waals surface area (Å²) in [5, 5.41) is 10.5. The van der Waals surface area contributed by atoms with Crippen LogP contribution in [0.25, 0.3) is 77.2 Å². The van der Waals surface area contributed by atoms with E-state index in [1.54, 1.807) is 0 Å². The lowest BCUT2D eigenvalue weighted by Crippen LogP contribution is -2.74. The summed E-state index contributed by atoms with van der Waals surface area (Å²) in [5.41, 5.74) is 11.8. The first-order chi connectivity index (χ1) is 31.3. The second-order valence-electron chi connectivity index (χ2n) is 16.5. The lowest BCUT2D eigenvalue weighted by Gasteiger charge is -2.35. The van der Waals surface area contributed by atoms with Crippen molar-refractivity contribution in [1.82, 2.24) is 9.13 Å². The van der Waals surface area contributed by atoms with Gasteiger partial charge in [0.25, 0.3) is 0 Å². The standard InChI is InChI=1S/C60H42N2Si/c1-6-21-43(22-7-1)45-39-46(44-23-8-2-9-24-44)41-48(40-45)62-57-38-37-47(61-55-33-18-16-31-52(55)53-32-17-19-34-56(53)61)42-54(57)60-58(62)35-20-36-59(60)63(49-25-10-3-11-26-49,50-27-12-4-13-28-50)51-29-14-5-15-30-51/h1-42H. The van der Waals surface area contributed by atoms with E-state index in [9.17, 15) is 0 Å². The molecular formula is C60H42N2Si. The van der Waals surface area contributed by atoms with Gasteiger partial charge in [-0.25, -0.2) is 0 Å². The Labute approximate surface area is 368 Å². The van der Waals surface area contributed by atoms with Crippen molar-refractivity contribution >= 4 is 72.4 Å². The molecule has 296 valence electrons. The molecule has 2 heterocycles. The fourth-order valence-electron chi connectivity index (χ4n) is 10.4. The molecule has 0 aliphatic heterocycles. The van der Waals surface area contributed by atoms with Gasteiger partial charge in [-0.2, -0.15) is 0 Å². The number of aromatic nitrogens is 2. The van der Waals surface area contributed by atoms with Gasteiger partial charge in [-0.3, -0.25) is 0 Å². The average Bonchev–Trinajstić information content (AvgIpc) is 3.89. The van der Waals surface area contributed by atoms with Gasteiger partial charge in [0.2, 0.25) is 0 Å². The Balaban J connectivity index is 1.25. The van der Waals surface area contributed by atoms with Gasteiger partial charge >= 0.3 is 0 Å². The summed E-state index contributed by atoms with van der Waals surface area (Å²) in [6, 6.07) is 94.5. The largest absolute Gasteiger partial charge is 0.309 e. The van der Waals surface area contributed by atoms with E-state index in [1.807, 2.05) is 0 Å². The Hall–Kier alpha value is -7.98. The van der Waals surface area contributed by atoms with Crippen LogP contribution in [0.2, 0.25) is 0 Å². The fourth-order valence-corrected chi connectivity index (χ4v) is 15.3. The number of rotatable bonds is 8. The predicted octanol–water partition coefficient (Wildman–Crippen LogP) is 12.6. The molecule has 3 heteroatoms. The average molecular weight is 819 g/mol. The number of para-hydroxylation sites is 2. The van der Waals surface area contributed by atoms with Crippen molar-refractivity contribution < 1.29 is 0 Å². The molecule has 0 aliphatic carbocycles. The summed E-state index contributed by atoms with van der Waals surface area (Å²) in [6.45, 7) is 0. The van der Waals surface area contributed by atoms with Crippen LogP contribution in [0.15, 0.2) is 255 Å². The molecule has 0 spiro atoms. The second kappa shape index (κ2) is 15.2. The molecule has 0 N–H and O–H groups in total. The van der Waals surface area contributed by atoms with Crippen LogP contribution in [-0.2, 0) is 0 Å². The highest BCUT2D eigenvalue weighted by Crippen LogP contribution is 2.39. The molecule has 2 nitrogen and oxygen atoms in total. The highest BCUT2D eigenvalue weighted by Gasteiger charge is 2.43. The van der Waals surface area contributed by atoms with Crippen molar-refractivity contribution in [2.24, 2.45) is 0 Å². The molecule has 10 aromatic carbocycles. The van der Waals surface area contributed by atoms with Crippen molar-refractivity contribution in [2.75, 3.05) is 0 Å². The Morgan fingerprint density at radius 1 is 0.254 bits per heavy atom. The summed E-state index contributed by atoms with van der Waals surface area (Å²) >= 11 is 0. The molecule has 0 saturated heterocycles. The van der Waals surface area contributed by atoms with Crippen molar-refractivity contribution in [3.63, 3.8) is 0 Å². The van der Waals surface area contributed by atoms with Crippen LogP contribution in [0.5, 0.6) is 0 Å². The third-order valence-corrected chi connectivity index (χ3v) is 17.8. The van der Waals surface area contributed by atoms with Crippen LogP contribution < -0.4 is 20.7 Å². The normalized spacial score (nSPS) is 11.8. The zero-order valence-corrected chi connectivity index (χ0v) is 35.6. The van der Waals surface area contributed by atoms with Crippen molar-refractivity contribution in [3.8, 4) is 33.6 Å². The maximum absolute atomic E-state index is 2.99. The second-order valence-corrected chi connectivity index (χ2v) is 20.2. The highest BCUT2D eigenvalue weighted by molar-refractivity contribution is 7.20. The highest BCUT2D eigenvalue weighted by atomic mass is 28.3. The Bertz CT molecular complexity index is 3390. The molecule has 0 bridgehead atoms. The van der Waals surface area contributed by atoms with E-state index in [0.29, 0.717) is 0 Å². The lowest BCUT2D eigenvalue weighted by atomic mass is 9.98. The van der Waals surface area contributed by atoms with Gasteiger partial charge in [-0.15, -0.1) is 0 Å². The predicted molar refractivity (Wildman–Crippen MR) is 270 cm³/mol. The van der Waals surface area contributed by atoms with E-state index in [4.69, 9.17) is 0 Å². The molecule has 0 atom stereocenters.